The third-order valence-corrected chi connectivity index (χ3v) is 4.71. The molecule has 25 heavy (non-hydrogen) atoms. The van der Waals surface area contributed by atoms with Crippen molar-refractivity contribution < 1.29 is 14.6 Å². The Hall–Kier alpha value is -1.79. The molecule has 2 rings (SSSR count). The predicted molar refractivity (Wildman–Crippen MR) is 100 cm³/mol. The lowest BCUT2D eigenvalue weighted by Gasteiger charge is -2.38. The molecule has 6 nitrogen and oxygen atoms in total. The van der Waals surface area contributed by atoms with Gasteiger partial charge >= 0.3 is 0 Å². The number of anilines is 1. The lowest BCUT2D eigenvalue weighted by atomic mass is 9.99. The quantitative estimate of drug-likeness (QED) is 0.874. The number of carbonyl (C=O) groups is 1. The molecule has 0 unspecified atom stereocenters. The van der Waals surface area contributed by atoms with Gasteiger partial charge in [0.2, 0.25) is 0 Å². The lowest BCUT2D eigenvalue weighted by molar-refractivity contribution is 0.0363. The van der Waals surface area contributed by atoms with Crippen LogP contribution in [0.25, 0.3) is 0 Å². The number of nitrogens with zero attached hydrogens (tertiary/aromatic N) is 3. The van der Waals surface area contributed by atoms with Crippen molar-refractivity contribution in [3.63, 3.8) is 0 Å². The van der Waals surface area contributed by atoms with E-state index in [2.05, 4.69) is 11.8 Å². The highest BCUT2D eigenvalue weighted by Gasteiger charge is 2.33. The van der Waals surface area contributed by atoms with Crippen LogP contribution < -0.4 is 9.64 Å². The molecule has 0 aromatic heterocycles. The van der Waals surface area contributed by atoms with Crippen LogP contribution in [0.3, 0.4) is 0 Å². The van der Waals surface area contributed by atoms with Crippen molar-refractivity contribution >= 4 is 11.6 Å². The number of hydrogen-bond acceptors (Lipinski definition) is 5. The second-order valence-electron chi connectivity index (χ2n) is 7.46. The number of benzene rings is 1. The minimum Gasteiger partial charge on any atom is -0.488 e. The second kappa shape index (κ2) is 8.06. The molecule has 1 amide bonds. The largest absolute Gasteiger partial charge is 0.488 e. The van der Waals surface area contributed by atoms with Gasteiger partial charge in [0.05, 0.1) is 18.2 Å². The van der Waals surface area contributed by atoms with E-state index in [1.165, 1.54) is 0 Å². The van der Waals surface area contributed by atoms with Gasteiger partial charge in [-0.05, 0) is 39.2 Å². The molecular formula is C19H31N3O3. The van der Waals surface area contributed by atoms with Crippen molar-refractivity contribution in [3.8, 4) is 5.75 Å². The van der Waals surface area contributed by atoms with Crippen LogP contribution in [0, 0.1) is 5.92 Å². The third-order valence-electron chi connectivity index (χ3n) is 4.71. The Labute approximate surface area is 151 Å². The Morgan fingerprint density at radius 1 is 1.32 bits per heavy atom. The van der Waals surface area contributed by atoms with Crippen LogP contribution in [0.15, 0.2) is 18.2 Å². The Morgan fingerprint density at radius 2 is 2.00 bits per heavy atom. The first kappa shape index (κ1) is 19.5. The highest BCUT2D eigenvalue weighted by Crippen LogP contribution is 2.31. The monoisotopic (exact) mass is 349 g/mol. The standard InChI is InChI=1S/C19H31N3O3/c1-13-10-22(14(2)12-23)19(24)16-9-15(21(5)6)7-8-17(16)25-18(13)11-20(3)4/h7-9,13-14,18,23H,10-12H2,1-6H3/t13-,14-,18-/m0/s1. The van der Waals surface area contributed by atoms with Crippen LogP contribution in [-0.2, 0) is 0 Å². The summed E-state index contributed by atoms with van der Waals surface area (Å²) in [5.41, 5.74) is 1.51. The van der Waals surface area contributed by atoms with Gasteiger partial charge in [-0.15, -0.1) is 0 Å². The zero-order valence-corrected chi connectivity index (χ0v) is 16.2. The number of rotatable bonds is 5. The molecule has 1 aromatic rings. The second-order valence-corrected chi connectivity index (χ2v) is 7.46. The van der Waals surface area contributed by atoms with Crippen molar-refractivity contribution in [2.24, 2.45) is 5.92 Å². The minimum absolute atomic E-state index is 0.0274. The van der Waals surface area contributed by atoms with Gasteiger partial charge in [0.15, 0.2) is 0 Å². The first-order valence-corrected chi connectivity index (χ1v) is 8.79. The van der Waals surface area contributed by atoms with E-state index >= 15 is 0 Å². The first-order chi connectivity index (χ1) is 11.7. The number of aliphatic hydroxyl groups is 1. The van der Waals surface area contributed by atoms with Crippen LogP contribution in [0.5, 0.6) is 5.75 Å². The van der Waals surface area contributed by atoms with E-state index in [4.69, 9.17) is 4.74 Å². The molecule has 0 spiro atoms. The zero-order chi connectivity index (χ0) is 18.7. The van der Waals surface area contributed by atoms with Crippen molar-refractivity contribution in [1.82, 2.24) is 9.80 Å². The number of ether oxygens (including phenoxy) is 1. The zero-order valence-electron chi connectivity index (χ0n) is 16.2. The molecule has 1 aliphatic rings. The summed E-state index contributed by atoms with van der Waals surface area (Å²) in [5, 5.41) is 9.61. The van der Waals surface area contributed by atoms with Gasteiger partial charge in [0.1, 0.15) is 11.9 Å². The Balaban J connectivity index is 2.50. The molecule has 1 aromatic carbocycles. The average molecular weight is 349 g/mol. The molecule has 3 atom stereocenters. The summed E-state index contributed by atoms with van der Waals surface area (Å²) < 4.78 is 6.26. The van der Waals surface area contributed by atoms with Crippen molar-refractivity contribution in [3.05, 3.63) is 23.8 Å². The van der Waals surface area contributed by atoms with Gasteiger partial charge in [0.25, 0.3) is 5.91 Å². The van der Waals surface area contributed by atoms with Gasteiger partial charge in [-0.25, -0.2) is 0 Å². The third kappa shape index (κ3) is 4.44. The molecule has 0 radical (unpaired) electrons. The topological polar surface area (TPSA) is 56.3 Å². The minimum atomic E-state index is -0.232. The smallest absolute Gasteiger partial charge is 0.258 e. The van der Waals surface area contributed by atoms with Crippen molar-refractivity contribution in [2.45, 2.75) is 26.0 Å². The molecule has 0 fully saturated rings. The summed E-state index contributed by atoms with van der Waals surface area (Å²) in [4.78, 5) is 19.0. The number of amides is 1. The summed E-state index contributed by atoms with van der Waals surface area (Å²) in [6, 6.07) is 5.48. The molecular weight excluding hydrogens is 318 g/mol. The SMILES string of the molecule is C[C@H]1CN([C@@H](C)CO)C(=O)c2cc(N(C)C)ccc2O[C@H]1CN(C)C. The van der Waals surface area contributed by atoms with Gasteiger partial charge in [-0.1, -0.05) is 6.92 Å². The maximum absolute atomic E-state index is 13.1. The van der Waals surface area contributed by atoms with E-state index in [-0.39, 0.29) is 30.6 Å². The summed E-state index contributed by atoms with van der Waals surface area (Å²) in [6.07, 6.45) is -0.0274. The molecule has 0 bridgehead atoms. The number of aliphatic hydroxyl groups excluding tert-OH is 1. The Bertz CT molecular complexity index is 604. The highest BCUT2D eigenvalue weighted by molar-refractivity contribution is 5.98. The molecule has 140 valence electrons. The number of carbonyl (C=O) groups excluding carboxylic acids is 1. The van der Waals surface area contributed by atoms with Crippen molar-refractivity contribution in [1.29, 1.82) is 0 Å². The molecule has 6 heteroatoms. The maximum atomic E-state index is 13.1. The van der Waals surface area contributed by atoms with Gasteiger partial charge in [0, 0.05) is 38.8 Å². The first-order valence-electron chi connectivity index (χ1n) is 8.79. The fourth-order valence-electron chi connectivity index (χ4n) is 3.07. The number of hydrogen-bond donors (Lipinski definition) is 1. The number of likely N-dealkylation sites (N-methyl/N-ethyl adjacent to an activating group) is 1. The Kier molecular flexibility index (Phi) is 6.30. The van der Waals surface area contributed by atoms with Crippen LogP contribution >= 0.6 is 0 Å². The van der Waals surface area contributed by atoms with E-state index in [0.717, 1.165) is 12.2 Å². The molecule has 0 saturated heterocycles. The molecule has 0 saturated carbocycles. The van der Waals surface area contributed by atoms with Crippen LogP contribution in [-0.4, -0.2) is 80.8 Å². The molecule has 1 heterocycles. The van der Waals surface area contributed by atoms with Crippen molar-refractivity contribution in [2.75, 3.05) is 52.8 Å². The average Bonchev–Trinajstić information content (AvgIpc) is 2.56. The summed E-state index contributed by atoms with van der Waals surface area (Å²) in [6.45, 7) is 5.25. The Morgan fingerprint density at radius 3 is 2.56 bits per heavy atom. The summed E-state index contributed by atoms with van der Waals surface area (Å²) >= 11 is 0. The highest BCUT2D eigenvalue weighted by atomic mass is 16.5. The fraction of sp³-hybridized carbons (Fsp3) is 0.632. The maximum Gasteiger partial charge on any atom is 0.258 e. The molecule has 1 aliphatic heterocycles. The van der Waals surface area contributed by atoms with E-state index in [0.29, 0.717) is 17.9 Å². The van der Waals surface area contributed by atoms with Gasteiger partial charge in [-0.2, -0.15) is 0 Å². The van der Waals surface area contributed by atoms with Gasteiger partial charge in [-0.3, -0.25) is 4.79 Å². The molecule has 1 N–H and O–H groups in total. The summed E-state index contributed by atoms with van der Waals surface area (Å²) in [7, 11) is 7.93. The van der Waals surface area contributed by atoms with E-state index in [1.54, 1.807) is 4.90 Å². The van der Waals surface area contributed by atoms with Gasteiger partial charge < -0.3 is 24.5 Å². The van der Waals surface area contributed by atoms with Crippen LogP contribution in [0.1, 0.15) is 24.2 Å². The van der Waals surface area contributed by atoms with Crippen LogP contribution in [0.4, 0.5) is 5.69 Å². The predicted octanol–water partition coefficient (Wildman–Crippen LogP) is 1.53. The van der Waals surface area contributed by atoms with E-state index in [1.807, 2.05) is 58.2 Å². The van der Waals surface area contributed by atoms with Crippen LogP contribution in [0.2, 0.25) is 0 Å². The fourth-order valence-corrected chi connectivity index (χ4v) is 3.07. The number of fused-ring (bicyclic) bond motifs is 1. The normalized spacial score (nSPS) is 22.1. The van der Waals surface area contributed by atoms with E-state index < -0.39 is 0 Å². The summed E-state index contributed by atoms with van der Waals surface area (Å²) in [5.74, 6) is 0.682. The lowest BCUT2D eigenvalue weighted by Crippen LogP contribution is -2.49. The molecule has 0 aliphatic carbocycles. The van der Waals surface area contributed by atoms with E-state index in [9.17, 15) is 9.90 Å².